The third-order valence-electron chi connectivity index (χ3n) is 3.39. The third-order valence-corrected chi connectivity index (χ3v) is 5.15. The van der Waals surface area contributed by atoms with Crippen LogP contribution in [-0.4, -0.2) is 25.4 Å². The molecule has 0 bridgehead atoms. The van der Waals surface area contributed by atoms with Crippen molar-refractivity contribution in [2.45, 2.75) is 6.54 Å². The van der Waals surface area contributed by atoms with Crippen molar-refractivity contribution in [3.8, 4) is 16.3 Å². The summed E-state index contributed by atoms with van der Waals surface area (Å²) in [5.74, 6) is 0.775. The number of thiazole rings is 1. The van der Waals surface area contributed by atoms with E-state index in [4.69, 9.17) is 14.5 Å². The summed E-state index contributed by atoms with van der Waals surface area (Å²) in [7, 11) is 3.38. The molecule has 0 aliphatic rings. The summed E-state index contributed by atoms with van der Waals surface area (Å²) in [4.78, 5) is 6.98. The Balaban J connectivity index is 2.10. The van der Waals surface area contributed by atoms with E-state index in [1.54, 1.807) is 36.9 Å². The first-order valence-corrected chi connectivity index (χ1v) is 8.98. The minimum absolute atomic E-state index is 0.647. The van der Waals surface area contributed by atoms with Gasteiger partial charge in [0.2, 0.25) is 0 Å². The lowest BCUT2D eigenvalue weighted by atomic mass is 10.3. The monoisotopic (exact) mass is 346 g/mol. The maximum atomic E-state index is 5.40. The number of methoxy groups -OCH3 is 2. The fourth-order valence-electron chi connectivity index (χ4n) is 2.26. The molecule has 120 valence electrons. The predicted octanol–water partition coefficient (Wildman–Crippen LogP) is 4.17. The Hall–Kier alpha value is -1.89. The molecule has 0 spiro atoms. The van der Waals surface area contributed by atoms with Crippen LogP contribution in [0.1, 0.15) is 0 Å². The molecule has 0 aliphatic heterocycles. The molecule has 0 aliphatic carbocycles. The van der Waals surface area contributed by atoms with Gasteiger partial charge >= 0.3 is 0 Å². The van der Waals surface area contributed by atoms with Crippen LogP contribution in [0.5, 0.6) is 5.75 Å². The zero-order valence-electron chi connectivity index (χ0n) is 13.1. The van der Waals surface area contributed by atoms with Crippen LogP contribution in [0.15, 0.2) is 52.2 Å². The predicted molar refractivity (Wildman–Crippen MR) is 95.7 cm³/mol. The van der Waals surface area contributed by atoms with E-state index in [-0.39, 0.29) is 0 Å². The second-order valence-corrected chi connectivity index (χ2v) is 6.59. The molecule has 2 heterocycles. The maximum Gasteiger partial charge on any atom is 0.190 e. The minimum Gasteiger partial charge on any atom is -0.494 e. The van der Waals surface area contributed by atoms with Gasteiger partial charge in [-0.05, 0) is 23.6 Å². The highest BCUT2D eigenvalue weighted by atomic mass is 32.1. The third kappa shape index (κ3) is 3.55. The summed E-state index contributed by atoms with van der Waals surface area (Å²) in [5.41, 5.74) is 2.01. The van der Waals surface area contributed by atoms with Gasteiger partial charge in [0.25, 0.3) is 0 Å². The fourth-order valence-corrected chi connectivity index (χ4v) is 4.03. The fraction of sp³-hybridized carbons (Fsp3) is 0.235. The van der Waals surface area contributed by atoms with E-state index < -0.39 is 0 Å². The van der Waals surface area contributed by atoms with Gasteiger partial charge in [-0.3, -0.25) is 0 Å². The van der Waals surface area contributed by atoms with Crippen molar-refractivity contribution in [1.29, 1.82) is 0 Å². The van der Waals surface area contributed by atoms with Crippen molar-refractivity contribution >= 4 is 28.4 Å². The summed E-state index contributed by atoms with van der Waals surface area (Å²) < 4.78 is 12.9. The number of rotatable bonds is 6. The highest BCUT2D eigenvalue weighted by Crippen LogP contribution is 2.28. The summed E-state index contributed by atoms with van der Waals surface area (Å²) >= 11 is 3.36. The Bertz CT molecular complexity index is 819. The Kier molecular flexibility index (Phi) is 5.27. The number of thiophene rings is 1. The molecule has 0 unspecified atom stereocenters. The number of ether oxygens (including phenoxy) is 2. The summed E-state index contributed by atoms with van der Waals surface area (Å²) in [6.45, 7) is 1.41. The largest absolute Gasteiger partial charge is 0.494 e. The molecule has 3 rings (SSSR count). The van der Waals surface area contributed by atoms with Gasteiger partial charge in [0, 0.05) is 19.0 Å². The van der Waals surface area contributed by atoms with Gasteiger partial charge in [0.15, 0.2) is 4.80 Å². The first kappa shape index (κ1) is 16.0. The molecule has 6 heteroatoms. The molecular weight excluding hydrogens is 328 g/mol. The zero-order valence-corrected chi connectivity index (χ0v) is 14.7. The van der Waals surface area contributed by atoms with Crippen LogP contribution in [0, 0.1) is 0 Å². The van der Waals surface area contributed by atoms with Crippen molar-refractivity contribution in [1.82, 2.24) is 4.57 Å². The van der Waals surface area contributed by atoms with Gasteiger partial charge in [-0.25, -0.2) is 4.99 Å². The van der Waals surface area contributed by atoms with E-state index in [9.17, 15) is 0 Å². The lowest BCUT2D eigenvalue weighted by molar-refractivity contribution is 0.187. The molecule has 1 aromatic carbocycles. The number of nitrogens with zero attached hydrogens (tertiary/aromatic N) is 2. The van der Waals surface area contributed by atoms with E-state index in [2.05, 4.69) is 27.5 Å². The second kappa shape index (κ2) is 7.59. The number of hydrogen-bond donors (Lipinski definition) is 0. The summed E-state index contributed by atoms with van der Waals surface area (Å²) in [6, 6.07) is 12.0. The molecule has 3 aromatic rings. The Morgan fingerprint density at radius 2 is 1.96 bits per heavy atom. The van der Waals surface area contributed by atoms with E-state index in [1.807, 2.05) is 24.3 Å². The standard InChI is InChI=1S/C17H18N2O2S2/c1-20-10-9-19-14(16-8-5-11-22-16)12-23-17(19)18-13-6-3-4-7-15(13)21-2/h3-8,11-12H,9-10H2,1-2H3. The van der Waals surface area contributed by atoms with Gasteiger partial charge in [0.05, 0.1) is 24.3 Å². The molecule has 4 nitrogen and oxygen atoms in total. The van der Waals surface area contributed by atoms with Gasteiger partial charge < -0.3 is 14.0 Å². The first-order chi connectivity index (χ1) is 11.3. The SMILES string of the molecule is COCCn1c(-c2cccs2)csc1=Nc1ccccc1OC. The van der Waals surface area contributed by atoms with Crippen molar-refractivity contribution in [2.24, 2.45) is 4.99 Å². The number of aromatic nitrogens is 1. The number of para-hydroxylation sites is 2. The zero-order chi connectivity index (χ0) is 16.1. The summed E-state index contributed by atoms with van der Waals surface area (Å²) in [5, 5.41) is 4.24. The summed E-state index contributed by atoms with van der Waals surface area (Å²) in [6.07, 6.45) is 0. The molecule has 0 saturated carbocycles. The van der Waals surface area contributed by atoms with E-state index in [0.717, 1.165) is 22.8 Å². The molecule has 23 heavy (non-hydrogen) atoms. The normalized spacial score (nSPS) is 11.8. The molecule has 2 aromatic heterocycles. The average Bonchev–Trinajstić information content (AvgIpc) is 3.23. The van der Waals surface area contributed by atoms with Crippen LogP contribution in [0.2, 0.25) is 0 Å². The average molecular weight is 346 g/mol. The van der Waals surface area contributed by atoms with Crippen LogP contribution in [0.3, 0.4) is 0 Å². The Labute approximate surface area is 143 Å². The quantitative estimate of drug-likeness (QED) is 0.672. The van der Waals surface area contributed by atoms with Crippen molar-refractivity contribution in [3.63, 3.8) is 0 Å². The van der Waals surface area contributed by atoms with Crippen LogP contribution in [-0.2, 0) is 11.3 Å². The highest BCUT2D eigenvalue weighted by molar-refractivity contribution is 7.14. The number of hydrogen-bond acceptors (Lipinski definition) is 5. The number of benzene rings is 1. The van der Waals surface area contributed by atoms with E-state index in [1.165, 1.54) is 10.6 Å². The van der Waals surface area contributed by atoms with Crippen LogP contribution >= 0.6 is 22.7 Å². The van der Waals surface area contributed by atoms with Gasteiger partial charge in [-0.15, -0.1) is 22.7 Å². The molecule has 0 saturated heterocycles. The maximum absolute atomic E-state index is 5.40. The van der Waals surface area contributed by atoms with Crippen LogP contribution in [0.25, 0.3) is 10.6 Å². The van der Waals surface area contributed by atoms with Gasteiger partial charge in [-0.2, -0.15) is 0 Å². The molecule has 0 fully saturated rings. The molecule has 0 amide bonds. The van der Waals surface area contributed by atoms with E-state index in [0.29, 0.717) is 6.61 Å². The lowest BCUT2D eigenvalue weighted by Gasteiger charge is -2.07. The topological polar surface area (TPSA) is 35.8 Å². The highest BCUT2D eigenvalue weighted by Gasteiger charge is 2.09. The minimum atomic E-state index is 0.647. The Morgan fingerprint density at radius 1 is 1.09 bits per heavy atom. The smallest absolute Gasteiger partial charge is 0.190 e. The van der Waals surface area contributed by atoms with Crippen molar-refractivity contribution in [2.75, 3.05) is 20.8 Å². The molecule has 0 atom stereocenters. The molecule has 0 radical (unpaired) electrons. The van der Waals surface area contributed by atoms with Crippen molar-refractivity contribution < 1.29 is 9.47 Å². The van der Waals surface area contributed by atoms with Crippen LogP contribution in [0.4, 0.5) is 5.69 Å². The van der Waals surface area contributed by atoms with Crippen LogP contribution < -0.4 is 9.54 Å². The van der Waals surface area contributed by atoms with E-state index >= 15 is 0 Å². The second-order valence-electron chi connectivity index (χ2n) is 4.81. The Morgan fingerprint density at radius 3 is 2.70 bits per heavy atom. The molecular formula is C17H18N2O2S2. The molecule has 0 N–H and O–H groups in total. The van der Waals surface area contributed by atoms with Crippen molar-refractivity contribution in [3.05, 3.63) is 52.0 Å². The lowest BCUT2D eigenvalue weighted by Crippen LogP contribution is -2.18. The van der Waals surface area contributed by atoms with Gasteiger partial charge in [0.1, 0.15) is 11.4 Å². The van der Waals surface area contributed by atoms with Gasteiger partial charge in [-0.1, -0.05) is 18.2 Å². The first-order valence-electron chi connectivity index (χ1n) is 7.22.